The van der Waals surface area contributed by atoms with Gasteiger partial charge < -0.3 is 14.8 Å². The van der Waals surface area contributed by atoms with Crippen LogP contribution in [0.3, 0.4) is 0 Å². The average Bonchev–Trinajstić information content (AvgIpc) is 3.53. The van der Waals surface area contributed by atoms with E-state index < -0.39 is 11.4 Å². The fourth-order valence-electron chi connectivity index (χ4n) is 4.45. The minimum Gasteiger partial charge on any atom is -0.341 e. The molecule has 9 heteroatoms. The van der Waals surface area contributed by atoms with E-state index in [0.29, 0.717) is 37.3 Å². The van der Waals surface area contributed by atoms with Crippen LogP contribution in [-0.2, 0) is 13.0 Å². The number of benzene rings is 1. The summed E-state index contributed by atoms with van der Waals surface area (Å²) in [5, 5.41) is 0. The van der Waals surface area contributed by atoms with Gasteiger partial charge in [-0.05, 0) is 54.7 Å². The summed E-state index contributed by atoms with van der Waals surface area (Å²) in [7, 11) is 0. The number of hydrogen-bond donors (Lipinski definition) is 1. The molecule has 5 rings (SSSR count). The first-order chi connectivity index (χ1) is 15.5. The zero-order chi connectivity index (χ0) is 22.2. The van der Waals surface area contributed by atoms with Crippen LogP contribution in [0.15, 0.2) is 47.7 Å². The van der Waals surface area contributed by atoms with Crippen LogP contribution in [0.2, 0.25) is 0 Å². The van der Waals surface area contributed by atoms with Crippen molar-refractivity contribution in [3.63, 3.8) is 0 Å². The van der Waals surface area contributed by atoms with E-state index in [1.807, 2.05) is 0 Å². The zero-order valence-corrected chi connectivity index (χ0v) is 17.4. The van der Waals surface area contributed by atoms with Crippen LogP contribution in [0.25, 0.3) is 5.69 Å². The summed E-state index contributed by atoms with van der Waals surface area (Å²) < 4.78 is 14.8. The second-order valence-corrected chi connectivity index (χ2v) is 8.07. The Morgan fingerprint density at radius 3 is 2.44 bits per heavy atom. The number of likely N-dealkylation sites (tertiary alicyclic amines) is 1. The maximum atomic E-state index is 13.5. The summed E-state index contributed by atoms with van der Waals surface area (Å²) >= 11 is 0. The van der Waals surface area contributed by atoms with Crippen molar-refractivity contribution >= 4 is 11.8 Å². The lowest BCUT2D eigenvalue weighted by atomic mass is 9.95. The molecule has 164 valence electrons. The van der Waals surface area contributed by atoms with E-state index in [4.69, 9.17) is 0 Å². The number of imidazole rings is 1. The van der Waals surface area contributed by atoms with Gasteiger partial charge in [-0.2, -0.15) is 0 Å². The molecule has 0 atom stereocenters. The molecular formula is C23H22FN5O3. The van der Waals surface area contributed by atoms with Gasteiger partial charge in [-0.3, -0.25) is 19.0 Å². The lowest BCUT2D eigenvalue weighted by molar-refractivity contribution is 0.0722. The van der Waals surface area contributed by atoms with Gasteiger partial charge in [-0.15, -0.1) is 0 Å². The summed E-state index contributed by atoms with van der Waals surface area (Å²) in [5.74, 6) is -0.685. The number of nitrogens with zero attached hydrogens (tertiary/aromatic N) is 4. The monoisotopic (exact) mass is 435 g/mol. The second kappa shape index (κ2) is 8.07. The predicted octanol–water partition coefficient (Wildman–Crippen LogP) is 2.13. The van der Waals surface area contributed by atoms with Crippen LogP contribution >= 0.6 is 0 Å². The first-order valence-electron chi connectivity index (χ1n) is 10.6. The summed E-state index contributed by atoms with van der Waals surface area (Å²) in [4.78, 5) is 49.8. The topological polar surface area (TPSA) is 91.3 Å². The lowest BCUT2D eigenvalue weighted by Crippen LogP contribution is -2.42. The second-order valence-electron chi connectivity index (χ2n) is 8.07. The zero-order valence-electron chi connectivity index (χ0n) is 17.4. The van der Waals surface area contributed by atoms with E-state index in [0.717, 1.165) is 18.4 Å². The molecule has 2 aromatic heterocycles. The van der Waals surface area contributed by atoms with Crippen molar-refractivity contribution < 1.29 is 14.0 Å². The Hall–Kier alpha value is -3.75. The predicted molar refractivity (Wildman–Crippen MR) is 114 cm³/mol. The number of amides is 2. The third-order valence-corrected chi connectivity index (χ3v) is 6.10. The lowest BCUT2D eigenvalue weighted by Gasteiger charge is -2.30. The number of aromatic nitrogens is 3. The van der Waals surface area contributed by atoms with Crippen molar-refractivity contribution in [3.8, 4) is 5.69 Å². The minimum atomic E-state index is -0.418. The molecule has 1 aromatic carbocycles. The van der Waals surface area contributed by atoms with E-state index in [1.54, 1.807) is 22.2 Å². The van der Waals surface area contributed by atoms with Crippen LogP contribution < -0.4 is 5.56 Å². The largest absolute Gasteiger partial charge is 0.341 e. The highest BCUT2D eigenvalue weighted by atomic mass is 19.1. The van der Waals surface area contributed by atoms with Crippen LogP contribution in [0.4, 0.5) is 4.39 Å². The number of nitrogens with one attached hydrogen (secondary N) is 1. The van der Waals surface area contributed by atoms with Gasteiger partial charge >= 0.3 is 0 Å². The molecule has 2 aliphatic heterocycles. The number of aromatic amines is 1. The molecule has 0 unspecified atom stereocenters. The van der Waals surface area contributed by atoms with E-state index in [9.17, 15) is 18.8 Å². The van der Waals surface area contributed by atoms with E-state index in [2.05, 4.69) is 9.97 Å². The molecule has 1 fully saturated rings. The quantitative estimate of drug-likeness (QED) is 0.682. The number of carbonyl (C=O) groups excluding carboxylic acids is 2. The summed E-state index contributed by atoms with van der Waals surface area (Å²) in [6, 6.07) is 5.55. The van der Waals surface area contributed by atoms with Crippen molar-refractivity contribution in [2.45, 2.75) is 25.8 Å². The first-order valence-corrected chi connectivity index (χ1v) is 10.6. The number of halogens is 1. The maximum Gasteiger partial charge on any atom is 0.289 e. The standard InChI is InChI=1S/C23H22FN5O3/c24-16-3-5-17(6-4-16)29-14-15-13-28(23(32)20-25-8-9-26-20)12-7-18(15)19(22(29)31)21(30)27-10-1-2-11-27/h3-6,8-9,14H,1-2,7,10-13H2,(H,25,26). The van der Waals surface area contributed by atoms with Crippen LogP contribution in [0.1, 0.15) is 44.9 Å². The Bertz CT molecular complexity index is 1230. The Balaban J connectivity index is 1.60. The fraction of sp³-hybridized carbons (Fsp3) is 0.304. The van der Waals surface area contributed by atoms with Crippen molar-refractivity contribution in [2.75, 3.05) is 19.6 Å². The number of pyridine rings is 1. The van der Waals surface area contributed by atoms with Gasteiger partial charge in [-0.25, -0.2) is 9.37 Å². The Labute approximate surface area is 183 Å². The number of carbonyl (C=O) groups is 2. The Kier molecular flexibility index (Phi) is 5.08. The molecular weight excluding hydrogens is 413 g/mol. The van der Waals surface area contributed by atoms with Gasteiger partial charge in [0.25, 0.3) is 17.4 Å². The third kappa shape index (κ3) is 3.49. The van der Waals surface area contributed by atoms with Crippen molar-refractivity contribution in [3.05, 3.63) is 81.5 Å². The van der Waals surface area contributed by atoms with Gasteiger partial charge in [0.15, 0.2) is 5.82 Å². The SMILES string of the molecule is O=C(c1ncc[nH]1)N1CCc2c(cn(-c3ccc(F)cc3)c(=O)c2C(=O)N2CCCC2)C1. The molecule has 3 aromatic rings. The molecule has 0 radical (unpaired) electrons. The smallest absolute Gasteiger partial charge is 0.289 e. The highest BCUT2D eigenvalue weighted by Gasteiger charge is 2.32. The van der Waals surface area contributed by atoms with E-state index in [1.165, 1.54) is 35.0 Å². The summed E-state index contributed by atoms with van der Waals surface area (Å²) in [5.41, 5.74) is 1.61. The molecule has 8 nitrogen and oxygen atoms in total. The molecule has 2 amide bonds. The van der Waals surface area contributed by atoms with Crippen molar-refractivity contribution in [1.29, 1.82) is 0 Å². The number of rotatable bonds is 3. The van der Waals surface area contributed by atoms with Crippen LogP contribution in [-0.4, -0.2) is 55.8 Å². The van der Waals surface area contributed by atoms with Crippen molar-refractivity contribution in [1.82, 2.24) is 24.3 Å². The molecule has 4 heterocycles. The van der Waals surface area contributed by atoms with Crippen LogP contribution in [0.5, 0.6) is 0 Å². The Morgan fingerprint density at radius 2 is 1.75 bits per heavy atom. The molecule has 0 spiro atoms. The number of H-pyrrole nitrogens is 1. The number of fused-ring (bicyclic) bond motifs is 1. The molecule has 2 aliphatic rings. The fourth-order valence-corrected chi connectivity index (χ4v) is 4.45. The van der Waals surface area contributed by atoms with Gasteiger partial charge in [-0.1, -0.05) is 0 Å². The normalized spacial score (nSPS) is 15.7. The molecule has 0 saturated carbocycles. The molecule has 0 aliphatic carbocycles. The molecule has 0 bridgehead atoms. The Morgan fingerprint density at radius 1 is 1.00 bits per heavy atom. The molecule has 1 saturated heterocycles. The van der Waals surface area contributed by atoms with Gasteiger partial charge in [0.05, 0.1) is 0 Å². The van der Waals surface area contributed by atoms with Gasteiger partial charge in [0.1, 0.15) is 11.4 Å². The number of hydrogen-bond acceptors (Lipinski definition) is 4. The van der Waals surface area contributed by atoms with E-state index >= 15 is 0 Å². The summed E-state index contributed by atoms with van der Waals surface area (Å²) in [6.07, 6.45) is 6.99. The highest BCUT2D eigenvalue weighted by molar-refractivity contribution is 5.96. The van der Waals surface area contributed by atoms with Crippen LogP contribution in [0, 0.1) is 5.82 Å². The van der Waals surface area contributed by atoms with E-state index in [-0.39, 0.29) is 29.7 Å². The highest BCUT2D eigenvalue weighted by Crippen LogP contribution is 2.25. The maximum absolute atomic E-state index is 13.5. The van der Waals surface area contributed by atoms with Gasteiger partial charge in [0.2, 0.25) is 0 Å². The summed E-state index contributed by atoms with van der Waals surface area (Å²) in [6.45, 7) is 1.88. The van der Waals surface area contributed by atoms with Gasteiger partial charge in [0, 0.05) is 50.5 Å². The molecule has 1 N–H and O–H groups in total. The van der Waals surface area contributed by atoms with Crippen molar-refractivity contribution in [2.24, 2.45) is 0 Å². The average molecular weight is 435 g/mol. The molecule has 32 heavy (non-hydrogen) atoms. The minimum absolute atomic E-state index is 0.152. The first kappa shape index (κ1) is 20.2. The third-order valence-electron chi connectivity index (χ3n) is 6.10.